The van der Waals surface area contributed by atoms with Crippen LogP contribution in [-0.4, -0.2) is 31.5 Å². The third-order valence-electron chi connectivity index (χ3n) is 3.50. The molecule has 4 N–H and O–H groups in total. The average molecular weight is 351 g/mol. The topological polar surface area (TPSA) is 127 Å². The van der Waals surface area contributed by atoms with Gasteiger partial charge in [0.05, 0.1) is 11.6 Å². The van der Waals surface area contributed by atoms with E-state index in [9.17, 15) is 19.6 Å². The van der Waals surface area contributed by atoms with Crippen molar-refractivity contribution in [1.82, 2.24) is 0 Å². The lowest BCUT2D eigenvalue weighted by molar-refractivity contribution is -0.120. The number of aromatic hydroxyl groups is 1. The smallest absolute Gasteiger partial charge is 0.448 e. The summed E-state index contributed by atoms with van der Waals surface area (Å²) in [6, 6.07) is 6.65. The number of ketones is 1. The van der Waals surface area contributed by atoms with E-state index in [0.29, 0.717) is 12.8 Å². The number of carbonyl (C=O) groups excluding carboxylic acids is 1. The Morgan fingerprint density at radius 2 is 1.79 bits per heavy atom. The molecule has 2 rings (SSSR count). The highest BCUT2D eigenvalue weighted by molar-refractivity contribution is 7.50. The number of benzene rings is 1. The van der Waals surface area contributed by atoms with Crippen molar-refractivity contribution >= 4 is 19.2 Å². The molecule has 7 nitrogen and oxygen atoms in total. The van der Waals surface area contributed by atoms with Crippen molar-refractivity contribution in [3.63, 3.8) is 0 Å². The molecule has 0 aliphatic heterocycles. The summed E-state index contributed by atoms with van der Waals surface area (Å²) in [5, 5.41) is 18.7. The molecule has 0 saturated carbocycles. The number of aliphatic hydroxyl groups excluding tert-OH is 1. The third kappa shape index (κ3) is 5.45. The number of phenols is 1. The Morgan fingerprint density at radius 1 is 1.12 bits per heavy atom. The number of Topliss-reactive ketones (excluding diaryl/α,β-unsaturated/α-hetero) is 1. The van der Waals surface area contributed by atoms with Crippen LogP contribution in [0.5, 0.6) is 5.75 Å². The molecule has 0 amide bonds. The molecule has 128 valence electrons. The lowest BCUT2D eigenvalue weighted by Crippen LogP contribution is -2.23. The lowest BCUT2D eigenvalue weighted by Gasteiger charge is -2.16. The van der Waals surface area contributed by atoms with Gasteiger partial charge in [-0.25, -0.2) is 4.57 Å². The van der Waals surface area contributed by atoms with Gasteiger partial charge in [0.2, 0.25) is 0 Å². The highest BCUT2D eigenvalue weighted by atomic mass is 31.2. The second-order valence-corrected chi connectivity index (χ2v) is 6.65. The highest BCUT2D eigenvalue weighted by Gasteiger charge is 2.26. The number of phenolic OH excluding ortho intramolecular Hbond substituents is 1. The van der Waals surface area contributed by atoms with E-state index in [0.717, 1.165) is 5.56 Å². The van der Waals surface area contributed by atoms with Crippen molar-refractivity contribution < 1.29 is 29.4 Å². The number of rotatable bonds is 6. The van der Waals surface area contributed by atoms with Gasteiger partial charge < -0.3 is 20.0 Å². The highest BCUT2D eigenvalue weighted by Crippen LogP contribution is 2.38. The summed E-state index contributed by atoms with van der Waals surface area (Å²) in [5.74, 6) is -1.22. The Hall–Kier alpha value is -2.21. The van der Waals surface area contributed by atoms with E-state index in [1.165, 1.54) is 18.2 Å². The second kappa shape index (κ2) is 7.57. The van der Waals surface area contributed by atoms with Gasteiger partial charge in [-0.2, -0.15) is 4.76 Å². The standard InChI is InChI=1S/C16H18NO6P/c18-12-6-4-11(5-7-12)2-1-3-16(20)14-10-13(19)8-9-15(14)17-24(21,22)23/h4-10,14,18-19H,1-3H2,(H2,21,22,23). The summed E-state index contributed by atoms with van der Waals surface area (Å²) in [6.07, 6.45) is 5.02. The first kappa shape index (κ1) is 18.1. The number of nitrogens with zero attached hydrogens (tertiary/aromatic N) is 1. The molecular formula is C16H18NO6P. The quantitative estimate of drug-likeness (QED) is 0.583. The largest absolute Gasteiger partial charge is 0.508 e. The lowest BCUT2D eigenvalue weighted by atomic mass is 9.90. The normalized spacial score (nSPS) is 19.3. The molecule has 1 aromatic carbocycles. The first-order chi connectivity index (χ1) is 11.2. The first-order valence-electron chi connectivity index (χ1n) is 7.30. The average Bonchev–Trinajstić information content (AvgIpc) is 2.49. The minimum absolute atomic E-state index is 0.0595. The Labute approximate surface area is 138 Å². The van der Waals surface area contributed by atoms with Crippen LogP contribution in [0.3, 0.4) is 0 Å². The van der Waals surface area contributed by atoms with Crippen LogP contribution in [0, 0.1) is 5.92 Å². The van der Waals surface area contributed by atoms with Crippen molar-refractivity contribution in [1.29, 1.82) is 0 Å². The third-order valence-corrected chi connectivity index (χ3v) is 3.99. The Bertz CT molecular complexity index is 744. The van der Waals surface area contributed by atoms with Crippen LogP contribution in [0.1, 0.15) is 18.4 Å². The Balaban J connectivity index is 2.01. The number of allylic oxidation sites excluding steroid dienone is 3. The van der Waals surface area contributed by atoms with Gasteiger partial charge >= 0.3 is 7.75 Å². The minimum Gasteiger partial charge on any atom is -0.508 e. The SMILES string of the molecule is O=C(CCCc1ccc(O)cc1)C1C=C(O)C=CC1=NP(=O)(O)O. The molecule has 1 aromatic rings. The molecule has 24 heavy (non-hydrogen) atoms. The van der Waals surface area contributed by atoms with Gasteiger partial charge in [0.25, 0.3) is 0 Å². The van der Waals surface area contributed by atoms with E-state index in [1.807, 2.05) is 0 Å². The maximum atomic E-state index is 12.3. The van der Waals surface area contributed by atoms with E-state index in [-0.39, 0.29) is 29.4 Å². The molecule has 0 spiro atoms. The maximum Gasteiger partial charge on any atom is 0.448 e. The summed E-state index contributed by atoms with van der Waals surface area (Å²) < 4.78 is 14.3. The predicted octanol–water partition coefficient (Wildman–Crippen LogP) is 2.45. The summed E-state index contributed by atoms with van der Waals surface area (Å²) in [6.45, 7) is 0. The van der Waals surface area contributed by atoms with Crippen LogP contribution in [0.15, 0.2) is 53.0 Å². The zero-order chi connectivity index (χ0) is 17.7. The van der Waals surface area contributed by atoms with Crippen LogP contribution in [0.4, 0.5) is 0 Å². The van der Waals surface area contributed by atoms with E-state index in [2.05, 4.69) is 4.76 Å². The predicted molar refractivity (Wildman–Crippen MR) is 88.9 cm³/mol. The first-order valence-corrected chi connectivity index (χ1v) is 8.86. The molecule has 0 radical (unpaired) electrons. The van der Waals surface area contributed by atoms with Crippen molar-refractivity contribution in [3.05, 3.63) is 53.8 Å². The Morgan fingerprint density at radius 3 is 2.42 bits per heavy atom. The summed E-state index contributed by atoms with van der Waals surface area (Å²) >= 11 is 0. The molecule has 0 bridgehead atoms. The fourth-order valence-electron chi connectivity index (χ4n) is 2.37. The fraction of sp³-hybridized carbons (Fsp3) is 0.250. The maximum absolute atomic E-state index is 12.3. The minimum atomic E-state index is -4.66. The molecule has 1 aliphatic carbocycles. The fourth-order valence-corrected chi connectivity index (χ4v) is 2.87. The zero-order valence-corrected chi connectivity index (χ0v) is 13.6. The van der Waals surface area contributed by atoms with Crippen molar-refractivity contribution in [2.45, 2.75) is 19.3 Å². The van der Waals surface area contributed by atoms with E-state index >= 15 is 0 Å². The summed E-state index contributed by atoms with van der Waals surface area (Å²) in [7, 11) is -4.66. The number of carbonyl (C=O) groups is 1. The van der Waals surface area contributed by atoms with E-state index in [1.54, 1.807) is 24.3 Å². The van der Waals surface area contributed by atoms with E-state index in [4.69, 9.17) is 9.79 Å². The number of hydrogen-bond acceptors (Lipinski definition) is 4. The molecule has 0 aromatic heterocycles. The molecule has 1 atom stereocenters. The van der Waals surface area contributed by atoms with Crippen LogP contribution in [0.25, 0.3) is 0 Å². The number of aliphatic hydroxyl groups is 1. The van der Waals surface area contributed by atoms with Gasteiger partial charge in [0, 0.05) is 6.42 Å². The van der Waals surface area contributed by atoms with Gasteiger partial charge in [-0.15, -0.1) is 0 Å². The number of hydrogen-bond donors (Lipinski definition) is 4. The van der Waals surface area contributed by atoms with Gasteiger partial charge in [0.1, 0.15) is 17.3 Å². The van der Waals surface area contributed by atoms with Crippen molar-refractivity contribution in [3.8, 4) is 5.75 Å². The van der Waals surface area contributed by atoms with Crippen LogP contribution in [-0.2, 0) is 15.8 Å². The van der Waals surface area contributed by atoms with E-state index < -0.39 is 13.7 Å². The summed E-state index contributed by atoms with van der Waals surface area (Å²) in [4.78, 5) is 30.2. The van der Waals surface area contributed by atoms with Crippen LogP contribution in [0.2, 0.25) is 0 Å². The second-order valence-electron chi connectivity index (χ2n) is 5.43. The molecular weight excluding hydrogens is 333 g/mol. The molecule has 1 aliphatic rings. The van der Waals surface area contributed by atoms with Gasteiger partial charge in [-0.3, -0.25) is 4.79 Å². The molecule has 0 saturated heterocycles. The zero-order valence-electron chi connectivity index (χ0n) is 12.7. The molecule has 0 fully saturated rings. The van der Waals surface area contributed by atoms with Crippen LogP contribution < -0.4 is 0 Å². The summed E-state index contributed by atoms with van der Waals surface area (Å²) in [5.41, 5.74) is 0.905. The Kier molecular flexibility index (Phi) is 5.72. The van der Waals surface area contributed by atoms with Crippen molar-refractivity contribution in [2.75, 3.05) is 0 Å². The van der Waals surface area contributed by atoms with Crippen molar-refractivity contribution in [2.24, 2.45) is 10.7 Å². The molecule has 1 unspecified atom stereocenters. The number of aryl methyl sites for hydroxylation is 1. The van der Waals surface area contributed by atoms with Gasteiger partial charge in [0.15, 0.2) is 0 Å². The van der Waals surface area contributed by atoms with Gasteiger partial charge in [-0.1, -0.05) is 12.1 Å². The monoisotopic (exact) mass is 351 g/mol. The molecule has 0 heterocycles. The van der Waals surface area contributed by atoms with Crippen LogP contribution >= 0.6 is 7.75 Å². The molecule has 8 heteroatoms. The van der Waals surface area contributed by atoms with Gasteiger partial charge in [-0.05, 0) is 48.8 Å².